The van der Waals surface area contributed by atoms with Gasteiger partial charge in [-0.25, -0.2) is 4.98 Å². The van der Waals surface area contributed by atoms with Gasteiger partial charge in [-0.15, -0.1) is 11.3 Å². The molecule has 3 nitrogen and oxygen atoms in total. The maximum absolute atomic E-state index is 12.0. The molecule has 2 aromatic carbocycles. The second-order valence-corrected chi connectivity index (χ2v) is 7.63. The number of thiazole rings is 1. The predicted octanol–water partition coefficient (Wildman–Crippen LogP) is 5.27. The molecular formula is C18H15ClN2OS2. The van der Waals surface area contributed by atoms with Crippen molar-refractivity contribution in [2.24, 2.45) is 0 Å². The van der Waals surface area contributed by atoms with Gasteiger partial charge in [0.2, 0.25) is 5.91 Å². The van der Waals surface area contributed by atoms with E-state index in [-0.39, 0.29) is 12.3 Å². The third-order valence-electron chi connectivity index (χ3n) is 3.18. The molecule has 1 aromatic heterocycles. The standard InChI is InChI=1S/C18H15ClN2OS2/c19-14-6-4-5-13(9-14)11-23-18-21-16(12-24-18)10-17(22)20-15-7-2-1-3-8-15/h1-9,12H,10-11H2,(H,20,22). The molecule has 0 spiro atoms. The Balaban J connectivity index is 1.52. The van der Waals surface area contributed by atoms with Crippen LogP contribution in [0.25, 0.3) is 0 Å². The molecule has 3 rings (SSSR count). The molecule has 0 saturated heterocycles. The Morgan fingerprint density at radius 2 is 2.00 bits per heavy atom. The highest BCUT2D eigenvalue weighted by molar-refractivity contribution is 8.00. The van der Waals surface area contributed by atoms with E-state index in [9.17, 15) is 4.79 Å². The minimum atomic E-state index is -0.0575. The van der Waals surface area contributed by atoms with Crippen LogP contribution in [0.1, 0.15) is 11.3 Å². The number of aromatic nitrogens is 1. The van der Waals surface area contributed by atoms with Crippen LogP contribution in [0.2, 0.25) is 5.02 Å². The molecular weight excluding hydrogens is 360 g/mol. The number of nitrogens with zero attached hydrogens (tertiary/aromatic N) is 1. The van der Waals surface area contributed by atoms with Gasteiger partial charge in [0, 0.05) is 21.8 Å². The molecule has 24 heavy (non-hydrogen) atoms. The van der Waals surface area contributed by atoms with Crippen LogP contribution in [0.5, 0.6) is 0 Å². The fourth-order valence-electron chi connectivity index (χ4n) is 2.10. The van der Waals surface area contributed by atoms with Gasteiger partial charge in [0.1, 0.15) is 4.34 Å². The molecule has 0 radical (unpaired) electrons. The fraction of sp³-hybridized carbons (Fsp3) is 0.111. The van der Waals surface area contributed by atoms with E-state index in [1.54, 1.807) is 23.1 Å². The van der Waals surface area contributed by atoms with Crippen molar-refractivity contribution in [3.63, 3.8) is 0 Å². The van der Waals surface area contributed by atoms with E-state index in [4.69, 9.17) is 11.6 Å². The van der Waals surface area contributed by atoms with Crippen molar-refractivity contribution in [3.05, 3.63) is 76.3 Å². The quantitative estimate of drug-likeness (QED) is 0.597. The van der Waals surface area contributed by atoms with Crippen LogP contribution >= 0.6 is 34.7 Å². The Kier molecular flexibility index (Phi) is 5.91. The highest BCUT2D eigenvalue weighted by Crippen LogP contribution is 2.27. The van der Waals surface area contributed by atoms with Crippen molar-refractivity contribution in [1.82, 2.24) is 4.98 Å². The largest absolute Gasteiger partial charge is 0.326 e. The first kappa shape index (κ1) is 17.0. The monoisotopic (exact) mass is 374 g/mol. The lowest BCUT2D eigenvalue weighted by atomic mass is 10.2. The third kappa shape index (κ3) is 5.09. The van der Waals surface area contributed by atoms with Gasteiger partial charge in [-0.2, -0.15) is 0 Å². The van der Waals surface area contributed by atoms with Gasteiger partial charge in [-0.1, -0.05) is 53.7 Å². The summed E-state index contributed by atoms with van der Waals surface area (Å²) < 4.78 is 0.956. The number of rotatable bonds is 6. The Labute approximate surface area is 154 Å². The smallest absolute Gasteiger partial charge is 0.230 e. The Bertz CT molecular complexity index is 821. The maximum Gasteiger partial charge on any atom is 0.230 e. The van der Waals surface area contributed by atoms with Crippen molar-refractivity contribution in [1.29, 1.82) is 0 Å². The van der Waals surface area contributed by atoms with E-state index >= 15 is 0 Å². The molecule has 0 atom stereocenters. The van der Waals surface area contributed by atoms with Crippen LogP contribution < -0.4 is 5.32 Å². The van der Waals surface area contributed by atoms with Gasteiger partial charge in [0.25, 0.3) is 0 Å². The van der Waals surface area contributed by atoms with E-state index in [1.807, 2.05) is 60.0 Å². The van der Waals surface area contributed by atoms with Crippen molar-refractivity contribution in [2.75, 3.05) is 5.32 Å². The summed E-state index contributed by atoms with van der Waals surface area (Å²) in [6, 6.07) is 17.2. The topological polar surface area (TPSA) is 42.0 Å². The average molecular weight is 375 g/mol. The first-order valence-corrected chi connectivity index (χ1v) is 9.60. The molecule has 3 aromatic rings. The van der Waals surface area contributed by atoms with Crippen molar-refractivity contribution in [3.8, 4) is 0 Å². The third-order valence-corrected chi connectivity index (χ3v) is 5.56. The van der Waals surface area contributed by atoms with E-state index in [1.165, 1.54) is 0 Å². The number of thioether (sulfide) groups is 1. The number of hydrogen-bond donors (Lipinski definition) is 1. The number of amides is 1. The number of anilines is 1. The highest BCUT2D eigenvalue weighted by atomic mass is 35.5. The van der Waals surface area contributed by atoms with Gasteiger partial charge in [-0.3, -0.25) is 4.79 Å². The molecule has 0 bridgehead atoms. The summed E-state index contributed by atoms with van der Waals surface area (Å²) in [7, 11) is 0. The molecule has 0 aliphatic heterocycles. The van der Waals surface area contributed by atoms with Crippen LogP contribution in [-0.4, -0.2) is 10.9 Å². The SMILES string of the molecule is O=C(Cc1csc(SCc2cccc(Cl)c2)n1)Nc1ccccc1. The summed E-state index contributed by atoms with van der Waals surface area (Å²) in [4.78, 5) is 16.6. The van der Waals surface area contributed by atoms with Crippen LogP contribution in [0, 0.1) is 0 Å². The molecule has 1 N–H and O–H groups in total. The first-order valence-electron chi connectivity index (χ1n) is 7.35. The fourth-order valence-corrected chi connectivity index (χ4v) is 4.10. The lowest BCUT2D eigenvalue weighted by Gasteiger charge is -2.03. The summed E-state index contributed by atoms with van der Waals surface area (Å²) in [6.07, 6.45) is 0.281. The van der Waals surface area contributed by atoms with Gasteiger partial charge >= 0.3 is 0 Å². The average Bonchev–Trinajstić information content (AvgIpc) is 3.01. The molecule has 1 heterocycles. The maximum atomic E-state index is 12.0. The molecule has 1 amide bonds. The number of carbonyl (C=O) groups excluding carboxylic acids is 1. The lowest BCUT2D eigenvalue weighted by Crippen LogP contribution is -2.14. The summed E-state index contributed by atoms with van der Waals surface area (Å²) in [6.45, 7) is 0. The van der Waals surface area contributed by atoms with Crippen LogP contribution in [0.4, 0.5) is 5.69 Å². The normalized spacial score (nSPS) is 10.5. The molecule has 0 aliphatic carbocycles. The number of benzene rings is 2. The van der Waals surface area contributed by atoms with Gasteiger partial charge in [-0.05, 0) is 29.8 Å². The Hall–Kier alpha value is -1.82. The summed E-state index contributed by atoms with van der Waals surface area (Å²) in [5, 5.41) is 5.54. The number of hydrogen-bond acceptors (Lipinski definition) is 4. The van der Waals surface area contributed by atoms with Crippen LogP contribution in [0.15, 0.2) is 64.3 Å². The Morgan fingerprint density at radius 1 is 1.17 bits per heavy atom. The van der Waals surface area contributed by atoms with E-state index in [2.05, 4.69) is 10.3 Å². The van der Waals surface area contributed by atoms with E-state index in [0.717, 1.165) is 32.1 Å². The van der Waals surface area contributed by atoms with Crippen molar-refractivity contribution >= 4 is 46.3 Å². The molecule has 0 fully saturated rings. The number of nitrogens with one attached hydrogen (secondary N) is 1. The lowest BCUT2D eigenvalue weighted by molar-refractivity contribution is -0.115. The van der Waals surface area contributed by atoms with Gasteiger partial charge < -0.3 is 5.32 Å². The van der Waals surface area contributed by atoms with E-state index < -0.39 is 0 Å². The number of para-hydroxylation sites is 1. The van der Waals surface area contributed by atoms with Crippen LogP contribution in [-0.2, 0) is 17.0 Å². The molecule has 0 unspecified atom stereocenters. The highest BCUT2D eigenvalue weighted by Gasteiger charge is 2.09. The zero-order valence-electron chi connectivity index (χ0n) is 12.7. The minimum absolute atomic E-state index is 0.0575. The predicted molar refractivity (Wildman–Crippen MR) is 102 cm³/mol. The molecule has 122 valence electrons. The first-order chi connectivity index (χ1) is 11.7. The van der Waals surface area contributed by atoms with Crippen LogP contribution in [0.3, 0.4) is 0 Å². The number of halogens is 1. The summed E-state index contributed by atoms with van der Waals surface area (Å²) >= 11 is 9.20. The van der Waals surface area contributed by atoms with Gasteiger partial charge in [0.05, 0.1) is 12.1 Å². The number of carbonyl (C=O) groups is 1. The van der Waals surface area contributed by atoms with Gasteiger partial charge in [0.15, 0.2) is 0 Å². The van der Waals surface area contributed by atoms with Crippen molar-refractivity contribution in [2.45, 2.75) is 16.5 Å². The van der Waals surface area contributed by atoms with Crippen molar-refractivity contribution < 1.29 is 4.79 Å². The Morgan fingerprint density at radius 3 is 2.79 bits per heavy atom. The summed E-state index contributed by atoms with van der Waals surface area (Å²) in [5.74, 6) is 0.752. The molecule has 6 heteroatoms. The second kappa shape index (κ2) is 8.33. The zero-order chi connectivity index (χ0) is 16.8. The molecule has 0 aliphatic rings. The van der Waals surface area contributed by atoms with E-state index in [0.29, 0.717) is 0 Å². The minimum Gasteiger partial charge on any atom is -0.326 e. The zero-order valence-corrected chi connectivity index (χ0v) is 15.1. The summed E-state index contributed by atoms with van der Waals surface area (Å²) in [5.41, 5.74) is 2.75. The molecule has 0 saturated carbocycles. The second-order valence-electron chi connectivity index (χ2n) is 5.11.